The second-order valence-electron chi connectivity index (χ2n) is 3.10. The maximum absolute atomic E-state index is 11.3. The Balaban J connectivity index is 2.73. The van der Waals surface area contributed by atoms with Crippen LogP contribution in [0.5, 0.6) is 0 Å². The van der Waals surface area contributed by atoms with Crippen molar-refractivity contribution in [2.45, 2.75) is 6.92 Å². The Labute approximate surface area is 106 Å². The van der Waals surface area contributed by atoms with Gasteiger partial charge in [-0.1, -0.05) is 0 Å². The van der Waals surface area contributed by atoms with E-state index >= 15 is 0 Å². The Morgan fingerprint density at radius 2 is 2.06 bits per heavy atom. The predicted octanol–water partition coefficient (Wildman–Crippen LogP) is 0.844. The largest absolute Gasteiger partial charge is 0.545 e. The maximum atomic E-state index is 11.3. The van der Waals surface area contributed by atoms with Crippen molar-refractivity contribution in [3.8, 4) is 0 Å². The SMILES string of the molecule is Cc1cc(I)ccc1NC(=O)/C=C\C(=O)[O-]. The van der Waals surface area contributed by atoms with Crippen molar-refractivity contribution in [1.29, 1.82) is 0 Å². The second kappa shape index (κ2) is 5.64. The summed E-state index contributed by atoms with van der Waals surface area (Å²) in [7, 11) is 0. The lowest BCUT2D eigenvalue weighted by Crippen LogP contribution is -2.20. The molecule has 1 rings (SSSR count). The van der Waals surface area contributed by atoms with Gasteiger partial charge in [-0.25, -0.2) is 0 Å². The maximum Gasteiger partial charge on any atom is 0.248 e. The van der Waals surface area contributed by atoms with Gasteiger partial charge in [-0.15, -0.1) is 0 Å². The number of carbonyl (C=O) groups excluding carboxylic acids is 2. The molecule has 0 radical (unpaired) electrons. The molecule has 0 fully saturated rings. The Kier molecular flexibility index (Phi) is 4.48. The van der Waals surface area contributed by atoms with Crippen molar-refractivity contribution in [3.05, 3.63) is 39.5 Å². The molecule has 0 atom stereocenters. The Hall–Kier alpha value is -1.37. The molecule has 0 heterocycles. The number of anilines is 1. The van der Waals surface area contributed by atoms with Crippen LogP contribution in [-0.2, 0) is 9.59 Å². The first-order valence-corrected chi connectivity index (χ1v) is 5.53. The van der Waals surface area contributed by atoms with E-state index in [1.807, 2.05) is 19.1 Å². The summed E-state index contributed by atoms with van der Waals surface area (Å²) in [5.74, 6) is -1.89. The third-order valence-corrected chi connectivity index (χ3v) is 2.49. The zero-order valence-corrected chi connectivity index (χ0v) is 10.6. The van der Waals surface area contributed by atoms with Gasteiger partial charge in [0.15, 0.2) is 0 Å². The van der Waals surface area contributed by atoms with Gasteiger partial charge in [-0.3, -0.25) is 4.79 Å². The summed E-state index contributed by atoms with van der Waals surface area (Å²) in [4.78, 5) is 21.4. The van der Waals surface area contributed by atoms with Crippen LogP contribution in [0.3, 0.4) is 0 Å². The molecule has 0 spiro atoms. The monoisotopic (exact) mass is 330 g/mol. The zero-order valence-electron chi connectivity index (χ0n) is 8.49. The van der Waals surface area contributed by atoms with Gasteiger partial charge in [0.1, 0.15) is 0 Å². The van der Waals surface area contributed by atoms with E-state index in [1.165, 1.54) is 0 Å². The molecule has 0 saturated carbocycles. The molecule has 1 aromatic carbocycles. The number of carboxylic acids is 1. The highest BCUT2D eigenvalue weighted by atomic mass is 127. The van der Waals surface area contributed by atoms with E-state index in [0.717, 1.165) is 15.2 Å². The van der Waals surface area contributed by atoms with Crippen LogP contribution in [-0.4, -0.2) is 11.9 Å². The summed E-state index contributed by atoms with van der Waals surface area (Å²) in [6, 6.07) is 5.53. The number of hydrogen-bond donors (Lipinski definition) is 1. The topological polar surface area (TPSA) is 69.2 Å². The summed E-state index contributed by atoms with van der Waals surface area (Å²) in [6.45, 7) is 1.86. The smallest absolute Gasteiger partial charge is 0.248 e. The first kappa shape index (κ1) is 12.7. The number of hydrogen-bond acceptors (Lipinski definition) is 3. The van der Waals surface area contributed by atoms with Gasteiger partial charge in [0.2, 0.25) is 5.91 Å². The molecule has 4 nitrogen and oxygen atoms in total. The summed E-state index contributed by atoms with van der Waals surface area (Å²) in [6.07, 6.45) is 1.62. The quantitative estimate of drug-likeness (QED) is 0.660. The molecule has 0 saturated heterocycles. The summed E-state index contributed by atoms with van der Waals surface area (Å²) >= 11 is 2.17. The molecule has 0 bridgehead atoms. The van der Waals surface area contributed by atoms with Crippen LogP contribution in [0.1, 0.15) is 5.56 Å². The molecule has 0 aliphatic heterocycles. The van der Waals surface area contributed by atoms with E-state index in [-0.39, 0.29) is 0 Å². The molecular weight excluding hydrogens is 321 g/mol. The van der Waals surface area contributed by atoms with Crippen LogP contribution < -0.4 is 10.4 Å². The lowest BCUT2D eigenvalue weighted by Gasteiger charge is -2.06. The molecule has 0 aliphatic carbocycles. The first-order chi connectivity index (χ1) is 7.49. The van der Waals surface area contributed by atoms with E-state index in [4.69, 9.17) is 0 Å². The van der Waals surface area contributed by atoms with Crippen LogP contribution in [0.15, 0.2) is 30.4 Å². The summed E-state index contributed by atoms with van der Waals surface area (Å²) < 4.78 is 1.07. The van der Waals surface area contributed by atoms with E-state index < -0.39 is 11.9 Å². The minimum Gasteiger partial charge on any atom is -0.545 e. The third kappa shape index (κ3) is 4.01. The molecule has 1 aromatic rings. The van der Waals surface area contributed by atoms with Crippen LogP contribution in [0, 0.1) is 10.5 Å². The fourth-order valence-electron chi connectivity index (χ4n) is 1.09. The van der Waals surface area contributed by atoms with Gasteiger partial charge in [-0.2, -0.15) is 0 Å². The normalized spacial score (nSPS) is 10.4. The van der Waals surface area contributed by atoms with Crippen molar-refractivity contribution in [1.82, 2.24) is 0 Å². The molecule has 0 aromatic heterocycles. The van der Waals surface area contributed by atoms with Gasteiger partial charge in [0, 0.05) is 15.3 Å². The van der Waals surface area contributed by atoms with Crippen molar-refractivity contribution >= 4 is 40.2 Å². The average molecular weight is 330 g/mol. The zero-order chi connectivity index (χ0) is 12.1. The number of carboxylic acid groups (broad SMARTS) is 1. The number of halogens is 1. The minimum absolute atomic E-state index is 0.492. The van der Waals surface area contributed by atoms with E-state index in [2.05, 4.69) is 27.9 Å². The van der Waals surface area contributed by atoms with E-state index in [1.54, 1.807) is 6.07 Å². The highest BCUT2D eigenvalue weighted by molar-refractivity contribution is 14.1. The number of aryl methyl sites for hydroxylation is 1. The van der Waals surface area contributed by atoms with E-state index in [9.17, 15) is 14.7 Å². The Bertz CT molecular complexity index is 455. The Morgan fingerprint density at radius 3 is 2.62 bits per heavy atom. The third-order valence-electron chi connectivity index (χ3n) is 1.82. The number of carbonyl (C=O) groups is 2. The summed E-state index contributed by atoms with van der Waals surface area (Å²) in [5, 5.41) is 12.7. The molecule has 1 amide bonds. The number of nitrogens with one attached hydrogen (secondary N) is 1. The van der Waals surface area contributed by atoms with Gasteiger partial charge >= 0.3 is 0 Å². The number of amides is 1. The Morgan fingerprint density at radius 1 is 1.38 bits per heavy atom. The molecule has 5 heteroatoms. The first-order valence-electron chi connectivity index (χ1n) is 4.45. The molecular formula is C11H9INO3-. The van der Waals surface area contributed by atoms with Gasteiger partial charge in [0.25, 0.3) is 0 Å². The van der Waals surface area contributed by atoms with Crippen LogP contribution in [0.2, 0.25) is 0 Å². The second-order valence-corrected chi connectivity index (χ2v) is 4.35. The molecule has 84 valence electrons. The van der Waals surface area contributed by atoms with Crippen LogP contribution in [0.4, 0.5) is 5.69 Å². The van der Waals surface area contributed by atoms with Crippen molar-refractivity contribution in [3.63, 3.8) is 0 Å². The molecule has 0 unspecified atom stereocenters. The number of rotatable bonds is 3. The number of aliphatic carboxylic acids is 1. The van der Waals surface area contributed by atoms with Gasteiger partial charge in [-0.05, 0) is 59.4 Å². The fourth-order valence-corrected chi connectivity index (χ4v) is 1.73. The highest BCUT2D eigenvalue weighted by Gasteiger charge is 2.01. The standard InChI is InChI=1S/C11H10INO3/c1-7-6-8(12)2-3-9(7)13-10(14)4-5-11(15)16/h2-6H,1H3,(H,13,14)(H,15,16)/p-1/b5-4-. The van der Waals surface area contributed by atoms with Crippen LogP contribution in [0.25, 0.3) is 0 Å². The van der Waals surface area contributed by atoms with E-state index in [0.29, 0.717) is 11.8 Å². The van der Waals surface area contributed by atoms with Crippen molar-refractivity contribution < 1.29 is 14.7 Å². The lowest BCUT2D eigenvalue weighted by molar-refractivity contribution is -0.297. The van der Waals surface area contributed by atoms with Crippen LogP contribution >= 0.6 is 22.6 Å². The van der Waals surface area contributed by atoms with Crippen molar-refractivity contribution in [2.24, 2.45) is 0 Å². The van der Waals surface area contributed by atoms with Gasteiger partial charge in [0.05, 0.1) is 5.97 Å². The van der Waals surface area contributed by atoms with Crippen molar-refractivity contribution in [2.75, 3.05) is 5.32 Å². The number of benzene rings is 1. The molecule has 1 N–H and O–H groups in total. The summed E-state index contributed by atoms with van der Waals surface area (Å²) in [5.41, 5.74) is 1.58. The minimum atomic E-state index is -1.39. The average Bonchev–Trinajstić information content (AvgIpc) is 2.19. The molecule has 16 heavy (non-hydrogen) atoms. The molecule has 0 aliphatic rings. The fraction of sp³-hybridized carbons (Fsp3) is 0.0909. The predicted molar refractivity (Wildman–Crippen MR) is 66.7 cm³/mol. The van der Waals surface area contributed by atoms with Gasteiger partial charge < -0.3 is 15.2 Å². The highest BCUT2D eigenvalue weighted by Crippen LogP contribution is 2.17. The lowest BCUT2D eigenvalue weighted by atomic mass is 10.2.